The van der Waals surface area contributed by atoms with Gasteiger partial charge in [0.25, 0.3) is 0 Å². The normalized spacial score (nSPS) is 6.27. The second-order valence-electron chi connectivity index (χ2n) is 1.76. The van der Waals surface area contributed by atoms with Gasteiger partial charge in [-0.2, -0.15) is 0 Å². The number of allylic oxidation sites excluding steroid dienone is 1. The third-order valence-electron chi connectivity index (χ3n) is 0.1000. The van der Waals surface area contributed by atoms with Crippen LogP contribution in [0.5, 0.6) is 0 Å². The lowest BCUT2D eigenvalue weighted by Crippen LogP contribution is -1.85. The third kappa shape index (κ3) is 4600. The van der Waals surface area contributed by atoms with Gasteiger partial charge < -0.3 is 15.0 Å². The van der Waals surface area contributed by atoms with E-state index in [0.717, 1.165) is 0 Å². The van der Waals surface area contributed by atoms with E-state index in [1.54, 1.807) is 6.08 Å². The van der Waals surface area contributed by atoms with Gasteiger partial charge >= 0.3 is 0 Å². The molecular weight excluding hydrogens is 144 g/mol. The Hall–Kier alpha value is -0.670. The molecule has 0 rings (SSSR count). The zero-order valence-corrected chi connectivity index (χ0v) is 7.50. The molecule has 3 heteroatoms. The zero-order valence-electron chi connectivity index (χ0n) is 7.50. The van der Waals surface area contributed by atoms with Crippen LogP contribution in [0.3, 0.4) is 0 Å². The van der Waals surface area contributed by atoms with E-state index in [2.05, 4.69) is 6.58 Å². The fourth-order valence-electron chi connectivity index (χ4n) is 0. The predicted octanol–water partition coefficient (Wildman–Crippen LogP) is 0.759. The molecule has 3 nitrogen and oxygen atoms in total. The quantitative estimate of drug-likeness (QED) is 0.560. The van der Waals surface area contributed by atoms with Gasteiger partial charge in [-0.1, -0.05) is 6.08 Å². The van der Waals surface area contributed by atoms with Crippen molar-refractivity contribution in [1.29, 1.82) is 0 Å². The van der Waals surface area contributed by atoms with Crippen LogP contribution in [-0.4, -0.2) is 29.2 Å². The minimum atomic E-state index is -0.125. The van der Waals surface area contributed by atoms with Gasteiger partial charge in [-0.05, 0) is 20.8 Å². The summed E-state index contributed by atoms with van der Waals surface area (Å²) in [4.78, 5) is 9.44. The molecule has 0 aromatic carbocycles. The fourth-order valence-corrected chi connectivity index (χ4v) is 0. The summed E-state index contributed by atoms with van der Waals surface area (Å²) in [5.41, 5.74) is 0. The van der Waals surface area contributed by atoms with Crippen LogP contribution in [0, 0.1) is 0 Å². The van der Waals surface area contributed by atoms with Crippen LogP contribution in [0.2, 0.25) is 0 Å². The molecule has 0 aliphatic heterocycles. The minimum Gasteiger partial charge on any atom is -0.394 e. The van der Waals surface area contributed by atoms with Crippen molar-refractivity contribution >= 4 is 5.78 Å². The molecule has 0 unspecified atom stereocenters. The van der Waals surface area contributed by atoms with E-state index in [1.807, 2.05) is 6.92 Å². The monoisotopic (exact) mass is 162 g/mol. The fraction of sp³-hybridized carbons (Fsp3) is 0.625. The molecule has 0 amide bonds. The van der Waals surface area contributed by atoms with Crippen molar-refractivity contribution in [2.24, 2.45) is 0 Å². The largest absolute Gasteiger partial charge is 0.394 e. The predicted molar refractivity (Wildman–Crippen MR) is 46.4 cm³/mol. The molecule has 0 heterocycles. The minimum absolute atomic E-state index is 0.125. The maximum atomic E-state index is 9.44. The maximum Gasteiger partial charge on any atom is 0.126 e. The Morgan fingerprint density at radius 3 is 1.45 bits per heavy atom. The number of rotatable bonds is 1. The third-order valence-corrected chi connectivity index (χ3v) is 0.1000. The van der Waals surface area contributed by atoms with Gasteiger partial charge in [-0.25, -0.2) is 0 Å². The van der Waals surface area contributed by atoms with Crippen molar-refractivity contribution in [3.8, 4) is 0 Å². The lowest BCUT2D eigenvalue weighted by molar-refractivity contribution is -0.114. The lowest BCUT2D eigenvalue weighted by Gasteiger charge is -1.70. The highest BCUT2D eigenvalue weighted by molar-refractivity contribution is 5.72. The summed E-state index contributed by atoms with van der Waals surface area (Å²) in [5, 5.41) is 15.2. The number of hydrogen-bond donors (Lipinski definition) is 2. The van der Waals surface area contributed by atoms with Crippen molar-refractivity contribution in [2.45, 2.75) is 20.8 Å². The molecule has 0 aliphatic rings. The van der Waals surface area contributed by atoms with Crippen LogP contribution in [0.1, 0.15) is 20.8 Å². The van der Waals surface area contributed by atoms with E-state index in [4.69, 9.17) is 10.2 Å². The number of carbonyl (C=O) groups excluding carboxylic acids is 1. The first-order valence-electron chi connectivity index (χ1n) is 3.32. The Kier molecular flexibility index (Phi) is 34.7. The summed E-state index contributed by atoms with van der Waals surface area (Å²) in [6.07, 6.45) is 1.75. The molecule has 0 saturated carbocycles. The number of carbonyl (C=O) groups is 1. The van der Waals surface area contributed by atoms with E-state index in [9.17, 15) is 4.79 Å². The maximum absolute atomic E-state index is 9.44. The summed E-state index contributed by atoms with van der Waals surface area (Å²) in [6.45, 7) is 8.06. The van der Waals surface area contributed by atoms with Crippen LogP contribution in [0.4, 0.5) is 0 Å². The van der Waals surface area contributed by atoms with E-state index < -0.39 is 0 Å². The molecule has 0 spiro atoms. The van der Waals surface area contributed by atoms with E-state index in [0.29, 0.717) is 0 Å². The highest BCUT2D eigenvalue weighted by Gasteiger charge is 1.62. The first-order valence-corrected chi connectivity index (χ1v) is 3.32. The van der Waals surface area contributed by atoms with E-state index in [1.165, 1.54) is 13.8 Å². The molecule has 0 bridgehead atoms. The van der Waals surface area contributed by atoms with Crippen LogP contribution in [0.15, 0.2) is 12.7 Å². The summed E-state index contributed by atoms with van der Waals surface area (Å²) in [7, 11) is 0. The van der Waals surface area contributed by atoms with Crippen LogP contribution < -0.4 is 0 Å². The highest BCUT2D eigenvalue weighted by atomic mass is 16.3. The van der Waals surface area contributed by atoms with Crippen molar-refractivity contribution in [3.05, 3.63) is 12.7 Å². The molecule has 0 aromatic heterocycles. The Labute approximate surface area is 68.4 Å². The molecule has 0 saturated heterocycles. The Morgan fingerprint density at radius 1 is 1.36 bits per heavy atom. The van der Waals surface area contributed by atoms with E-state index in [-0.39, 0.29) is 19.0 Å². The molecule has 11 heavy (non-hydrogen) atoms. The van der Waals surface area contributed by atoms with Crippen molar-refractivity contribution in [1.82, 2.24) is 0 Å². The number of hydrogen-bond acceptors (Lipinski definition) is 3. The highest BCUT2D eigenvalue weighted by Crippen LogP contribution is 1.50. The number of aliphatic hydroxyl groups excluding tert-OH is 2. The van der Waals surface area contributed by atoms with Gasteiger partial charge in [0.1, 0.15) is 5.78 Å². The Bertz CT molecular complexity index is 73.4. The van der Waals surface area contributed by atoms with Gasteiger partial charge in [0.15, 0.2) is 0 Å². The summed E-state index contributed by atoms with van der Waals surface area (Å²) < 4.78 is 0. The molecule has 0 atom stereocenters. The average molecular weight is 162 g/mol. The van der Waals surface area contributed by atoms with Crippen molar-refractivity contribution in [2.75, 3.05) is 13.2 Å². The van der Waals surface area contributed by atoms with Gasteiger partial charge in [-0.15, -0.1) is 6.58 Å². The van der Waals surface area contributed by atoms with Gasteiger partial charge in [0, 0.05) is 0 Å². The van der Waals surface area contributed by atoms with Crippen LogP contribution >= 0.6 is 0 Å². The summed E-state index contributed by atoms with van der Waals surface area (Å²) >= 11 is 0. The SMILES string of the molecule is C=CC.CC(C)=O.OCCO. The topological polar surface area (TPSA) is 57.5 Å². The summed E-state index contributed by atoms with van der Waals surface area (Å²) in [6, 6.07) is 0. The number of Topliss-reactive ketones (excluding diaryl/α,β-unsaturated/α-hetero) is 1. The standard InChI is InChI=1S/C3H6O.C3H6.C2H6O2/c1-3(2)4;1-3-2;3-1-2-4/h1-2H3;3H,1H2,2H3;3-4H,1-2H2. The molecule has 2 N–H and O–H groups in total. The van der Waals surface area contributed by atoms with Crippen molar-refractivity contribution < 1.29 is 15.0 Å². The van der Waals surface area contributed by atoms with Crippen LogP contribution in [0.25, 0.3) is 0 Å². The molecular formula is C8H18O3. The first kappa shape index (κ1) is 16.7. The molecule has 0 fully saturated rings. The smallest absolute Gasteiger partial charge is 0.126 e. The Balaban J connectivity index is -0.0000000886. The van der Waals surface area contributed by atoms with Gasteiger partial charge in [-0.3, -0.25) is 0 Å². The lowest BCUT2D eigenvalue weighted by atomic mass is 10.6. The van der Waals surface area contributed by atoms with Gasteiger partial charge in [0.05, 0.1) is 13.2 Å². The second kappa shape index (κ2) is 22.8. The molecule has 68 valence electrons. The number of aliphatic hydroxyl groups is 2. The first-order chi connectivity index (χ1) is 5.06. The van der Waals surface area contributed by atoms with Crippen molar-refractivity contribution in [3.63, 3.8) is 0 Å². The summed E-state index contributed by atoms with van der Waals surface area (Å²) in [5.74, 6) is 0.167. The van der Waals surface area contributed by atoms with E-state index >= 15 is 0 Å². The Morgan fingerprint density at radius 2 is 1.45 bits per heavy atom. The molecule has 0 aliphatic carbocycles. The molecule has 0 radical (unpaired) electrons. The van der Waals surface area contributed by atoms with Crippen LogP contribution in [-0.2, 0) is 4.79 Å². The van der Waals surface area contributed by atoms with Gasteiger partial charge in [0.2, 0.25) is 0 Å². The second-order valence-corrected chi connectivity index (χ2v) is 1.76. The zero-order chi connectivity index (χ0) is 9.70. The average Bonchev–Trinajstić information content (AvgIpc) is 1.88. The molecule has 0 aromatic rings. The number of ketones is 1.